The number of carbonyl (C=O) groups excluding carboxylic acids is 1. The zero-order valence-corrected chi connectivity index (χ0v) is 12.2. The maximum Gasteiger partial charge on any atom is 0.240 e. The van der Waals surface area contributed by atoms with E-state index in [1.54, 1.807) is 12.1 Å². The van der Waals surface area contributed by atoms with Gasteiger partial charge in [0.15, 0.2) is 0 Å². The van der Waals surface area contributed by atoms with Crippen molar-refractivity contribution in [2.75, 3.05) is 6.54 Å². The number of phenols is 1. The normalized spacial score (nSPS) is 16.2. The molecule has 1 aliphatic carbocycles. The minimum atomic E-state index is -0.501. The van der Waals surface area contributed by atoms with Crippen LogP contribution in [0.5, 0.6) is 5.75 Å². The molecule has 4 nitrogen and oxygen atoms in total. The second-order valence-electron chi connectivity index (χ2n) is 6.09. The van der Waals surface area contributed by atoms with E-state index in [2.05, 4.69) is 13.8 Å². The predicted molar refractivity (Wildman–Crippen MR) is 79.4 cm³/mol. The van der Waals surface area contributed by atoms with Gasteiger partial charge in [-0.05, 0) is 42.9 Å². The van der Waals surface area contributed by atoms with E-state index in [4.69, 9.17) is 5.73 Å². The quantitative estimate of drug-likeness (QED) is 0.834. The van der Waals surface area contributed by atoms with Crippen LogP contribution >= 0.6 is 0 Å². The van der Waals surface area contributed by atoms with Crippen molar-refractivity contribution in [2.45, 2.75) is 45.2 Å². The summed E-state index contributed by atoms with van der Waals surface area (Å²) in [4.78, 5) is 14.4. The van der Waals surface area contributed by atoms with E-state index in [-0.39, 0.29) is 11.7 Å². The van der Waals surface area contributed by atoms with E-state index >= 15 is 0 Å². The molecule has 4 heteroatoms. The molecule has 0 spiro atoms. The minimum Gasteiger partial charge on any atom is -0.508 e. The summed E-state index contributed by atoms with van der Waals surface area (Å²) in [6.07, 6.45) is 2.72. The molecule has 1 fully saturated rings. The first kappa shape index (κ1) is 14.9. The molecule has 3 N–H and O–H groups in total. The molecule has 1 aliphatic rings. The van der Waals surface area contributed by atoms with Gasteiger partial charge in [0.25, 0.3) is 0 Å². The average Bonchev–Trinajstić information content (AvgIpc) is 3.22. The molecule has 0 aliphatic heterocycles. The molecule has 1 amide bonds. The van der Waals surface area contributed by atoms with Crippen LogP contribution in [0, 0.1) is 5.92 Å². The van der Waals surface area contributed by atoms with Gasteiger partial charge in [-0.15, -0.1) is 0 Å². The fraction of sp³-hybridized carbons (Fsp3) is 0.562. The van der Waals surface area contributed by atoms with E-state index in [1.807, 2.05) is 17.0 Å². The van der Waals surface area contributed by atoms with E-state index in [9.17, 15) is 9.90 Å². The molecule has 0 heterocycles. The van der Waals surface area contributed by atoms with Gasteiger partial charge in [-0.2, -0.15) is 0 Å². The van der Waals surface area contributed by atoms with Crippen LogP contribution in [0.25, 0.3) is 0 Å². The number of nitrogens with zero attached hydrogens (tertiary/aromatic N) is 1. The predicted octanol–water partition coefficient (Wildman–Crippen LogP) is 1.91. The Labute approximate surface area is 120 Å². The molecule has 1 aromatic carbocycles. The number of benzene rings is 1. The Kier molecular flexibility index (Phi) is 4.65. The molecule has 1 atom stereocenters. The Morgan fingerprint density at radius 3 is 2.45 bits per heavy atom. The molecule has 1 aromatic rings. The molecule has 2 rings (SSSR count). The van der Waals surface area contributed by atoms with Crippen LogP contribution in [0.1, 0.15) is 32.3 Å². The minimum absolute atomic E-state index is 0.0503. The first-order valence-corrected chi connectivity index (χ1v) is 7.31. The van der Waals surface area contributed by atoms with Crippen LogP contribution in [-0.4, -0.2) is 34.5 Å². The Balaban J connectivity index is 1.97. The van der Waals surface area contributed by atoms with E-state index in [0.717, 1.165) is 24.9 Å². The zero-order chi connectivity index (χ0) is 14.7. The highest BCUT2D eigenvalue weighted by Crippen LogP contribution is 2.28. The summed E-state index contributed by atoms with van der Waals surface area (Å²) < 4.78 is 0. The Hall–Kier alpha value is -1.55. The fourth-order valence-electron chi connectivity index (χ4n) is 2.38. The van der Waals surface area contributed by atoms with Gasteiger partial charge in [0, 0.05) is 12.6 Å². The third kappa shape index (κ3) is 3.97. The topological polar surface area (TPSA) is 66.6 Å². The Morgan fingerprint density at radius 2 is 1.95 bits per heavy atom. The smallest absolute Gasteiger partial charge is 0.240 e. The van der Waals surface area contributed by atoms with Crippen LogP contribution in [-0.2, 0) is 11.2 Å². The number of phenolic OH excluding ortho intramolecular Hbond substituents is 1. The van der Waals surface area contributed by atoms with Crippen LogP contribution in [0.3, 0.4) is 0 Å². The summed E-state index contributed by atoms with van der Waals surface area (Å²) >= 11 is 0. The van der Waals surface area contributed by atoms with E-state index in [0.29, 0.717) is 18.4 Å². The maximum absolute atomic E-state index is 12.5. The van der Waals surface area contributed by atoms with Crippen molar-refractivity contribution in [1.29, 1.82) is 0 Å². The standard InChI is InChI=1S/C16H24N2O2/c1-11(2)10-18(13-5-6-13)16(20)15(17)9-12-3-7-14(19)8-4-12/h3-4,7-8,11,13,15,19H,5-6,9-10,17H2,1-2H3/t15-/m0/s1. The molecule has 0 aromatic heterocycles. The number of nitrogens with two attached hydrogens (primary N) is 1. The van der Waals surface area contributed by atoms with Gasteiger partial charge < -0.3 is 15.7 Å². The second kappa shape index (κ2) is 6.27. The maximum atomic E-state index is 12.5. The molecule has 0 radical (unpaired) electrons. The number of carbonyl (C=O) groups is 1. The highest BCUT2D eigenvalue weighted by Gasteiger charge is 2.34. The van der Waals surface area contributed by atoms with Gasteiger partial charge in [-0.25, -0.2) is 0 Å². The van der Waals surface area contributed by atoms with Gasteiger partial charge in [-0.1, -0.05) is 26.0 Å². The first-order chi connectivity index (χ1) is 9.47. The number of amides is 1. The van der Waals surface area contributed by atoms with Crippen LogP contribution in [0.15, 0.2) is 24.3 Å². The van der Waals surface area contributed by atoms with Gasteiger partial charge >= 0.3 is 0 Å². The second-order valence-corrected chi connectivity index (χ2v) is 6.09. The van der Waals surface area contributed by atoms with Gasteiger partial charge in [0.05, 0.1) is 6.04 Å². The van der Waals surface area contributed by atoms with Crippen molar-refractivity contribution in [3.63, 3.8) is 0 Å². The molecule has 110 valence electrons. The van der Waals surface area contributed by atoms with Gasteiger partial charge in [-0.3, -0.25) is 4.79 Å². The molecule has 1 saturated carbocycles. The highest BCUT2D eigenvalue weighted by molar-refractivity contribution is 5.82. The lowest BCUT2D eigenvalue weighted by atomic mass is 10.0. The van der Waals surface area contributed by atoms with Crippen LogP contribution < -0.4 is 5.73 Å². The molecular weight excluding hydrogens is 252 g/mol. The summed E-state index contributed by atoms with van der Waals surface area (Å²) in [6.45, 7) is 5.02. The summed E-state index contributed by atoms with van der Waals surface area (Å²) in [7, 11) is 0. The number of hydrogen-bond donors (Lipinski definition) is 2. The van der Waals surface area contributed by atoms with Crippen molar-refractivity contribution < 1.29 is 9.90 Å². The zero-order valence-electron chi connectivity index (χ0n) is 12.2. The summed E-state index contributed by atoms with van der Waals surface area (Å²) in [5.41, 5.74) is 7.05. The Bertz CT molecular complexity index is 452. The van der Waals surface area contributed by atoms with Gasteiger partial charge in [0.2, 0.25) is 5.91 Å². The lowest BCUT2D eigenvalue weighted by molar-refractivity contribution is -0.133. The SMILES string of the molecule is CC(C)CN(C(=O)[C@@H](N)Cc1ccc(O)cc1)C1CC1. The fourth-order valence-corrected chi connectivity index (χ4v) is 2.38. The van der Waals surface area contributed by atoms with Gasteiger partial charge in [0.1, 0.15) is 5.75 Å². The van der Waals surface area contributed by atoms with Crippen molar-refractivity contribution in [2.24, 2.45) is 11.7 Å². The summed E-state index contributed by atoms with van der Waals surface area (Å²) in [5.74, 6) is 0.739. The van der Waals surface area contributed by atoms with Crippen molar-refractivity contribution >= 4 is 5.91 Å². The molecule has 0 bridgehead atoms. The number of aromatic hydroxyl groups is 1. The van der Waals surface area contributed by atoms with E-state index < -0.39 is 6.04 Å². The third-order valence-corrected chi connectivity index (χ3v) is 3.54. The highest BCUT2D eigenvalue weighted by atomic mass is 16.3. The molecular formula is C16H24N2O2. The molecule has 20 heavy (non-hydrogen) atoms. The van der Waals surface area contributed by atoms with E-state index in [1.165, 1.54) is 0 Å². The summed E-state index contributed by atoms with van der Waals surface area (Å²) in [5, 5.41) is 9.26. The summed E-state index contributed by atoms with van der Waals surface area (Å²) in [6, 6.07) is 6.77. The first-order valence-electron chi connectivity index (χ1n) is 7.31. The van der Waals surface area contributed by atoms with Crippen molar-refractivity contribution in [3.8, 4) is 5.75 Å². The largest absolute Gasteiger partial charge is 0.508 e. The Morgan fingerprint density at radius 1 is 1.35 bits per heavy atom. The molecule has 0 unspecified atom stereocenters. The van der Waals surface area contributed by atoms with Crippen LogP contribution in [0.4, 0.5) is 0 Å². The lowest BCUT2D eigenvalue weighted by Gasteiger charge is -2.27. The van der Waals surface area contributed by atoms with Crippen LogP contribution in [0.2, 0.25) is 0 Å². The average molecular weight is 276 g/mol. The lowest BCUT2D eigenvalue weighted by Crippen LogP contribution is -2.47. The third-order valence-electron chi connectivity index (χ3n) is 3.54. The molecule has 0 saturated heterocycles. The van der Waals surface area contributed by atoms with Crippen molar-refractivity contribution in [3.05, 3.63) is 29.8 Å². The number of hydrogen-bond acceptors (Lipinski definition) is 3. The monoisotopic (exact) mass is 276 g/mol. The number of rotatable bonds is 6. The van der Waals surface area contributed by atoms with Crippen molar-refractivity contribution in [1.82, 2.24) is 4.90 Å².